The second-order valence-electron chi connectivity index (χ2n) is 4.93. The summed E-state index contributed by atoms with van der Waals surface area (Å²) >= 11 is 1.56. The zero-order valence-corrected chi connectivity index (χ0v) is 12.9. The number of fused-ring (bicyclic) bond motifs is 1. The maximum atomic E-state index is 9.25. The summed E-state index contributed by atoms with van der Waals surface area (Å²) in [4.78, 5) is 14.0. The topological polar surface area (TPSA) is 66.9 Å². The number of thiazole rings is 1. The molecule has 0 fully saturated rings. The Kier molecular flexibility index (Phi) is 3.33. The van der Waals surface area contributed by atoms with Crippen LogP contribution in [0.2, 0.25) is 0 Å². The fraction of sp³-hybridized carbons (Fsp3) is 0.0588. The molecule has 4 heterocycles. The van der Waals surface area contributed by atoms with Crippen molar-refractivity contribution in [2.75, 3.05) is 0 Å². The first-order chi connectivity index (χ1) is 11.4. The van der Waals surface area contributed by atoms with E-state index < -0.39 is 0 Å². The minimum atomic E-state index is 0.280. The number of hydrogen-bond donors (Lipinski definition) is 0. The maximum absolute atomic E-state index is 9.25. The Labute approximate surface area is 136 Å². The van der Waals surface area contributed by atoms with Crippen LogP contribution in [0, 0.1) is 11.3 Å². The standard InChI is InChI=1S/C17H11N5S/c18-7-4-14-16(13-3-1-2-8-20-13)21-17-22(14)15(11-23-17)12-5-9-19-10-6-12/h1-3,5-6,8-11H,4H2. The van der Waals surface area contributed by atoms with E-state index >= 15 is 0 Å². The van der Waals surface area contributed by atoms with Gasteiger partial charge in [0.05, 0.1) is 29.6 Å². The van der Waals surface area contributed by atoms with Crippen molar-refractivity contribution in [2.45, 2.75) is 6.42 Å². The number of pyridine rings is 2. The van der Waals surface area contributed by atoms with Crippen molar-refractivity contribution in [2.24, 2.45) is 0 Å². The molecule has 110 valence electrons. The lowest BCUT2D eigenvalue weighted by Gasteiger charge is -2.04. The number of imidazole rings is 1. The van der Waals surface area contributed by atoms with Gasteiger partial charge in [-0.25, -0.2) is 4.98 Å². The number of rotatable bonds is 3. The van der Waals surface area contributed by atoms with Crippen molar-refractivity contribution in [3.05, 3.63) is 60.0 Å². The molecule has 0 aliphatic heterocycles. The quantitative estimate of drug-likeness (QED) is 0.579. The van der Waals surface area contributed by atoms with Gasteiger partial charge in [-0.2, -0.15) is 5.26 Å². The average Bonchev–Trinajstić information content (AvgIpc) is 3.17. The van der Waals surface area contributed by atoms with Crippen molar-refractivity contribution >= 4 is 16.3 Å². The molecule has 0 radical (unpaired) electrons. The van der Waals surface area contributed by atoms with Crippen molar-refractivity contribution in [3.8, 4) is 28.7 Å². The lowest BCUT2D eigenvalue weighted by Crippen LogP contribution is -1.96. The second kappa shape index (κ2) is 5.63. The van der Waals surface area contributed by atoms with Gasteiger partial charge in [0, 0.05) is 29.5 Å². The SMILES string of the molecule is N#CCc1c(-c2ccccn2)nc2scc(-c3ccncc3)n12. The normalized spacial score (nSPS) is 10.7. The molecule has 4 rings (SSSR count). The van der Waals surface area contributed by atoms with Gasteiger partial charge in [-0.3, -0.25) is 14.4 Å². The molecule has 0 bridgehead atoms. The van der Waals surface area contributed by atoms with Gasteiger partial charge in [-0.1, -0.05) is 6.07 Å². The third-order valence-electron chi connectivity index (χ3n) is 3.59. The predicted molar refractivity (Wildman–Crippen MR) is 88.8 cm³/mol. The highest BCUT2D eigenvalue weighted by molar-refractivity contribution is 7.15. The lowest BCUT2D eigenvalue weighted by atomic mass is 10.1. The third-order valence-corrected chi connectivity index (χ3v) is 4.41. The van der Waals surface area contributed by atoms with Crippen LogP contribution in [-0.4, -0.2) is 19.4 Å². The summed E-state index contributed by atoms with van der Waals surface area (Å²) < 4.78 is 2.05. The molecule has 0 N–H and O–H groups in total. The van der Waals surface area contributed by atoms with Crippen LogP contribution in [0.25, 0.3) is 27.6 Å². The monoisotopic (exact) mass is 317 g/mol. The molecule has 5 nitrogen and oxygen atoms in total. The fourth-order valence-electron chi connectivity index (χ4n) is 2.59. The fourth-order valence-corrected chi connectivity index (χ4v) is 3.50. The molecule has 0 aromatic carbocycles. The highest BCUT2D eigenvalue weighted by atomic mass is 32.1. The van der Waals surface area contributed by atoms with Crippen LogP contribution in [0.4, 0.5) is 0 Å². The van der Waals surface area contributed by atoms with Gasteiger partial charge in [-0.15, -0.1) is 11.3 Å². The summed E-state index contributed by atoms with van der Waals surface area (Å²) in [6.45, 7) is 0. The van der Waals surface area contributed by atoms with Gasteiger partial charge in [-0.05, 0) is 24.3 Å². The zero-order valence-electron chi connectivity index (χ0n) is 12.0. The first kappa shape index (κ1) is 13.6. The molecule has 0 spiro atoms. The maximum Gasteiger partial charge on any atom is 0.195 e. The lowest BCUT2D eigenvalue weighted by molar-refractivity contribution is 1.07. The van der Waals surface area contributed by atoms with Gasteiger partial charge >= 0.3 is 0 Å². The number of aromatic nitrogens is 4. The number of nitrogens with zero attached hydrogens (tertiary/aromatic N) is 5. The van der Waals surface area contributed by atoms with Crippen molar-refractivity contribution in [1.29, 1.82) is 5.26 Å². The summed E-state index contributed by atoms with van der Waals surface area (Å²) in [6, 6.07) is 11.9. The van der Waals surface area contributed by atoms with Gasteiger partial charge in [0.15, 0.2) is 4.96 Å². The van der Waals surface area contributed by atoms with E-state index in [1.807, 2.05) is 34.7 Å². The first-order valence-corrected chi connectivity index (χ1v) is 7.94. The highest BCUT2D eigenvalue weighted by Crippen LogP contribution is 2.32. The Hall–Kier alpha value is -3.04. The van der Waals surface area contributed by atoms with Gasteiger partial charge < -0.3 is 0 Å². The molecule has 6 heteroatoms. The van der Waals surface area contributed by atoms with E-state index in [1.54, 1.807) is 29.9 Å². The Balaban J connectivity index is 1.99. The molecular weight excluding hydrogens is 306 g/mol. The molecule has 0 saturated carbocycles. The minimum Gasteiger partial charge on any atom is -0.285 e. The number of nitriles is 1. The van der Waals surface area contributed by atoms with Crippen molar-refractivity contribution in [3.63, 3.8) is 0 Å². The Morgan fingerprint density at radius 1 is 1.13 bits per heavy atom. The number of hydrogen-bond acceptors (Lipinski definition) is 5. The Bertz CT molecular complexity index is 996. The molecule has 4 aromatic heterocycles. The van der Waals surface area contributed by atoms with Gasteiger partial charge in [0.1, 0.15) is 5.69 Å². The van der Waals surface area contributed by atoms with Crippen LogP contribution in [0.5, 0.6) is 0 Å². The van der Waals surface area contributed by atoms with Crippen molar-refractivity contribution < 1.29 is 0 Å². The molecule has 0 atom stereocenters. The second-order valence-corrected chi connectivity index (χ2v) is 5.77. The smallest absolute Gasteiger partial charge is 0.195 e. The van der Waals surface area contributed by atoms with E-state index in [-0.39, 0.29) is 6.42 Å². The van der Waals surface area contributed by atoms with E-state index in [2.05, 4.69) is 21.4 Å². The Morgan fingerprint density at radius 2 is 2.00 bits per heavy atom. The molecule has 0 amide bonds. The summed E-state index contributed by atoms with van der Waals surface area (Å²) in [5, 5.41) is 11.3. The third kappa shape index (κ3) is 2.28. The van der Waals surface area contributed by atoms with Crippen LogP contribution in [-0.2, 0) is 6.42 Å². The predicted octanol–water partition coefficient (Wildman–Crippen LogP) is 3.59. The van der Waals surface area contributed by atoms with E-state index in [4.69, 9.17) is 4.98 Å². The Morgan fingerprint density at radius 3 is 2.74 bits per heavy atom. The van der Waals surface area contributed by atoms with Crippen molar-refractivity contribution in [1.82, 2.24) is 19.4 Å². The molecule has 0 saturated heterocycles. The summed E-state index contributed by atoms with van der Waals surface area (Å²) in [7, 11) is 0. The van der Waals surface area contributed by atoms with Gasteiger partial charge in [0.25, 0.3) is 0 Å². The van der Waals surface area contributed by atoms with Crippen LogP contribution < -0.4 is 0 Å². The highest BCUT2D eigenvalue weighted by Gasteiger charge is 2.19. The molecule has 0 aliphatic carbocycles. The summed E-state index contributed by atoms with van der Waals surface area (Å²) in [5.74, 6) is 0. The van der Waals surface area contributed by atoms with Crippen LogP contribution in [0.15, 0.2) is 54.3 Å². The summed E-state index contributed by atoms with van der Waals surface area (Å²) in [5.41, 5.74) is 4.50. The van der Waals surface area contributed by atoms with E-state index in [0.29, 0.717) is 0 Å². The largest absolute Gasteiger partial charge is 0.285 e. The van der Waals surface area contributed by atoms with Crippen LogP contribution in [0.3, 0.4) is 0 Å². The zero-order chi connectivity index (χ0) is 15.6. The van der Waals surface area contributed by atoms with Gasteiger partial charge in [0.2, 0.25) is 0 Å². The molecule has 23 heavy (non-hydrogen) atoms. The molecule has 4 aromatic rings. The molecule has 0 unspecified atom stereocenters. The van der Waals surface area contributed by atoms with E-state index in [9.17, 15) is 5.26 Å². The van der Waals surface area contributed by atoms with E-state index in [0.717, 1.165) is 33.3 Å². The van der Waals surface area contributed by atoms with Crippen LogP contribution in [0.1, 0.15) is 5.69 Å². The molecular formula is C17H11N5S. The van der Waals surface area contributed by atoms with Crippen LogP contribution >= 0.6 is 11.3 Å². The molecule has 0 aliphatic rings. The summed E-state index contributed by atoms with van der Waals surface area (Å²) in [6.07, 6.45) is 5.55. The first-order valence-electron chi connectivity index (χ1n) is 7.06. The average molecular weight is 317 g/mol. The van der Waals surface area contributed by atoms with E-state index in [1.165, 1.54) is 0 Å². The minimum absolute atomic E-state index is 0.280.